The molecule has 5 nitrogen and oxygen atoms in total. The zero-order chi connectivity index (χ0) is 12.3. The molecule has 0 spiro atoms. The minimum absolute atomic E-state index is 0.419. The van der Waals surface area contributed by atoms with Crippen molar-refractivity contribution in [3.8, 4) is 0 Å². The second-order valence-corrected chi connectivity index (χ2v) is 3.60. The number of aliphatic hydroxyl groups excluding tert-OH is 2. The van der Waals surface area contributed by atoms with Crippen LogP contribution in [0.4, 0.5) is 0 Å². The Morgan fingerprint density at radius 3 is 2.12 bits per heavy atom. The Morgan fingerprint density at radius 1 is 1.25 bits per heavy atom. The molecule has 0 bridgehead atoms. The third-order valence-electron chi connectivity index (χ3n) is 2.35. The lowest BCUT2D eigenvalue weighted by Gasteiger charge is -2.24. The van der Waals surface area contributed by atoms with Gasteiger partial charge in [-0.3, -0.25) is 9.59 Å². The first kappa shape index (κ1) is 12.2. The van der Waals surface area contributed by atoms with Gasteiger partial charge in [-0.15, -0.1) is 0 Å². The molecule has 1 aliphatic carbocycles. The second kappa shape index (κ2) is 4.32. The number of carboxylic acid groups (broad SMARTS) is 1. The number of aliphatic carboxylic acids is 1. The van der Waals surface area contributed by atoms with Crippen LogP contribution in [0.2, 0.25) is 0 Å². The molecule has 1 aliphatic rings. The van der Waals surface area contributed by atoms with Crippen molar-refractivity contribution in [3.63, 3.8) is 0 Å². The summed E-state index contributed by atoms with van der Waals surface area (Å²) < 4.78 is 0. The standard InChI is InChI=1S/C11H12O5/c1-7(12)9(14)6-11(10(15)16)4-2-8(13)3-5-11/h2-5,8,12-13H,1,6H2,(H,15,16). The Kier molecular flexibility index (Phi) is 3.29. The number of rotatable bonds is 4. The predicted molar refractivity (Wildman–Crippen MR) is 55.7 cm³/mol. The van der Waals surface area contributed by atoms with Gasteiger partial charge in [0.25, 0.3) is 0 Å². The van der Waals surface area contributed by atoms with E-state index in [1.54, 1.807) is 0 Å². The van der Waals surface area contributed by atoms with Gasteiger partial charge in [-0.05, 0) is 0 Å². The van der Waals surface area contributed by atoms with E-state index in [-0.39, 0.29) is 0 Å². The van der Waals surface area contributed by atoms with Gasteiger partial charge in [0, 0.05) is 6.42 Å². The molecule has 0 saturated heterocycles. The number of carbonyl (C=O) groups excluding carboxylic acids is 1. The van der Waals surface area contributed by atoms with E-state index in [2.05, 4.69) is 6.58 Å². The zero-order valence-corrected chi connectivity index (χ0v) is 8.46. The first-order valence-electron chi connectivity index (χ1n) is 4.59. The molecule has 0 amide bonds. The lowest BCUT2D eigenvalue weighted by molar-refractivity contribution is -0.145. The van der Waals surface area contributed by atoms with Crippen LogP contribution < -0.4 is 0 Å². The highest BCUT2D eigenvalue weighted by Gasteiger charge is 2.37. The molecule has 0 atom stereocenters. The Hall–Kier alpha value is -1.88. The fourth-order valence-electron chi connectivity index (χ4n) is 1.36. The van der Waals surface area contributed by atoms with Crippen LogP contribution in [0.1, 0.15) is 6.42 Å². The Labute approximate surface area is 92.0 Å². The quantitative estimate of drug-likeness (QED) is 0.369. The molecule has 16 heavy (non-hydrogen) atoms. The van der Waals surface area contributed by atoms with Gasteiger partial charge < -0.3 is 15.3 Å². The highest BCUT2D eigenvalue weighted by Crippen LogP contribution is 2.31. The predicted octanol–water partition coefficient (Wildman–Crippen LogP) is 0.575. The molecule has 5 heteroatoms. The highest BCUT2D eigenvalue weighted by molar-refractivity contribution is 5.97. The molecule has 0 aliphatic heterocycles. The van der Waals surface area contributed by atoms with Gasteiger partial charge in [0.15, 0.2) is 11.5 Å². The van der Waals surface area contributed by atoms with Gasteiger partial charge in [-0.2, -0.15) is 0 Å². The molecule has 0 saturated carbocycles. The van der Waals surface area contributed by atoms with Gasteiger partial charge in [0.1, 0.15) is 5.41 Å². The lowest BCUT2D eigenvalue weighted by atomic mass is 9.79. The van der Waals surface area contributed by atoms with E-state index in [0.717, 1.165) is 0 Å². The molecule has 0 aromatic rings. The van der Waals surface area contributed by atoms with Crippen LogP contribution >= 0.6 is 0 Å². The molecule has 0 aromatic carbocycles. The molecule has 86 valence electrons. The van der Waals surface area contributed by atoms with E-state index >= 15 is 0 Å². The molecule has 3 N–H and O–H groups in total. The fraction of sp³-hybridized carbons (Fsp3) is 0.273. The number of ketones is 1. The molecular formula is C11H12O5. The van der Waals surface area contributed by atoms with E-state index < -0.39 is 35.5 Å². The van der Waals surface area contributed by atoms with E-state index in [4.69, 9.17) is 15.3 Å². The van der Waals surface area contributed by atoms with Crippen LogP contribution in [0.5, 0.6) is 0 Å². The van der Waals surface area contributed by atoms with Crippen molar-refractivity contribution in [1.82, 2.24) is 0 Å². The SMILES string of the molecule is C=C(O)C(=O)CC1(C(=O)O)C=CC(O)C=C1. The summed E-state index contributed by atoms with van der Waals surface area (Å²) in [7, 11) is 0. The van der Waals surface area contributed by atoms with E-state index in [1.165, 1.54) is 24.3 Å². The van der Waals surface area contributed by atoms with Crippen LogP contribution in [-0.2, 0) is 9.59 Å². The van der Waals surface area contributed by atoms with Crippen LogP contribution in [0.15, 0.2) is 36.6 Å². The van der Waals surface area contributed by atoms with Gasteiger partial charge in [-0.1, -0.05) is 30.9 Å². The normalized spacial score (nSPS) is 27.7. The van der Waals surface area contributed by atoms with E-state index in [0.29, 0.717) is 0 Å². The number of Topliss-reactive ketones (excluding diaryl/α,β-unsaturated/α-hetero) is 1. The lowest BCUT2D eigenvalue weighted by Crippen LogP contribution is -2.32. The molecule has 0 unspecified atom stereocenters. The number of aliphatic hydroxyl groups is 2. The van der Waals surface area contributed by atoms with E-state index in [1.807, 2.05) is 0 Å². The summed E-state index contributed by atoms with van der Waals surface area (Å²) in [5.74, 6) is -2.64. The third kappa shape index (κ3) is 2.38. The van der Waals surface area contributed by atoms with Crippen molar-refractivity contribution in [1.29, 1.82) is 0 Å². The Morgan fingerprint density at radius 2 is 1.75 bits per heavy atom. The summed E-state index contributed by atoms with van der Waals surface area (Å²) in [6.45, 7) is 3.04. The molecule has 0 heterocycles. The topological polar surface area (TPSA) is 94.8 Å². The summed E-state index contributed by atoms with van der Waals surface area (Å²) in [6, 6.07) is 0. The summed E-state index contributed by atoms with van der Waals surface area (Å²) in [4.78, 5) is 22.4. The minimum Gasteiger partial charge on any atom is -0.505 e. The molecule has 0 radical (unpaired) electrons. The number of hydrogen-bond acceptors (Lipinski definition) is 4. The monoisotopic (exact) mass is 224 g/mol. The highest BCUT2D eigenvalue weighted by atomic mass is 16.4. The van der Waals surface area contributed by atoms with Crippen molar-refractivity contribution in [2.24, 2.45) is 5.41 Å². The van der Waals surface area contributed by atoms with Gasteiger partial charge >= 0.3 is 5.97 Å². The van der Waals surface area contributed by atoms with Crippen LogP contribution in [0.3, 0.4) is 0 Å². The third-order valence-corrected chi connectivity index (χ3v) is 2.35. The number of carboxylic acids is 1. The van der Waals surface area contributed by atoms with Gasteiger partial charge in [-0.25, -0.2) is 0 Å². The Balaban J connectivity index is 2.96. The molecular weight excluding hydrogens is 212 g/mol. The van der Waals surface area contributed by atoms with Crippen molar-refractivity contribution in [2.45, 2.75) is 12.5 Å². The number of carbonyl (C=O) groups is 2. The van der Waals surface area contributed by atoms with Gasteiger partial charge in [0.05, 0.1) is 6.10 Å². The average molecular weight is 224 g/mol. The number of hydrogen-bond donors (Lipinski definition) is 3. The molecule has 0 fully saturated rings. The van der Waals surface area contributed by atoms with Crippen LogP contribution in [0, 0.1) is 5.41 Å². The first-order valence-corrected chi connectivity index (χ1v) is 4.59. The largest absolute Gasteiger partial charge is 0.505 e. The van der Waals surface area contributed by atoms with Crippen molar-refractivity contribution in [2.75, 3.05) is 0 Å². The maximum Gasteiger partial charge on any atom is 0.317 e. The molecule has 0 aromatic heterocycles. The molecule has 1 rings (SSSR count). The Bertz CT molecular complexity index is 377. The van der Waals surface area contributed by atoms with Gasteiger partial charge in [0.2, 0.25) is 0 Å². The fourth-order valence-corrected chi connectivity index (χ4v) is 1.36. The van der Waals surface area contributed by atoms with Crippen LogP contribution in [-0.4, -0.2) is 33.2 Å². The first-order chi connectivity index (χ1) is 7.37. The van der Waals surface area contributed by atoms with E-state index in [9.17, 15) is 9.59 Å². The smallest absolute Gasteiger partial charge is 0.317 e. The second-order valence-electron chi connectivity index (χ2n) is 3.60. The van der Waals surface area contributed by atoms with Crippen LogP contribution in [0.25, 0.3) is 0 Å². The van der Waals surface area contributed by atoms with Crippen molar-refractivity contribution in [3.05, 3.63) is 36.6 Å². The number of allylic oxidation sites excluding steroid dienone is 1. The minimum atomic E-state index is -1.51. The summed E-state index contributed by atoms with van der Waals surface area (Å²) in [5, 5.41) is 27.1. The maximum absolute atomic E-state index is 11.3. The summed E-state index contributed by atoms with van der Waals surface area (Å²) in [6.07, 6.45) is 3.77. The summed E-state index contributed by atoms with van der Waals surface area (Å²) >= 11 is 0. The maximum atomic E-state index is 11.3. The average Bonchev–Trinajstić information content (AvgIpc) is 2.21. The summed E-state index contributed by atoms with van der Waals surface area (Å²) in [5.41, 5.74) is -1.51. The van der Waals surface area contributed by atoms with Crippen molar-refractivity contribution < 1.29 is 24.9 Å². The van der Waals surface area contributed by atoms with Crippen molar-refractivity contribution >= 4 is 11.8 Å². The zero-order valence-electron chi connectivity index (χ0n) is 8.46.